The molecule has 4 aliphatic rings. The van der Waals surface area contributed by atoms with E-state index in [2.05, 4.69) is 18.1 Å². The second kappa shape index (κ2) is 8.28. The van der Waals surface area contributed by atoms with Crippen LogP contribution in [0.25, 0.3) is 0 Å². The Morgan fingerprint density at radius 1 is 1.12 bits per heavy atom. The van der Waals surface area contributed by atoms with E-state index in [0.717, 1.165) is 49.9 Å². The van der Waals surface area contributed by atoms with Crippen molar-refractivity contribution in [2.75, 3.05) is 0 Å². The van der Waals surface area contributed by atoms with Crippen LogP contribution in [0, 0.1) is 52.3 Å². The van der Waals surface area contributed by atoms with Crippen LogP contribution in [0.2, 0.25) is 0 Å². The lowest BCUT2D eigenvalue weighted by molar-refractivity contribution is -0.140. The first-order chi connectivity index (χ1) is 15.3. The normalized spacial score (nSPS) is 43.8. The van der Waals surface area contributed by atoms with E-state index in [9.17, 15) is 9.90 Å². The average molecular weight is 438 g/mol. The van der Waals surface area contributed by atoms with Crippen molar-refractivity contribution >= 4 is 5.78 Å². The predicted octanol–water partition coefficient (Wildman–Crippen LogP) is 5.12. The maximum absolute atomic E-state index is 13.6. The Morgan fingerprint density at radius 2 is 1.91 bits per heavy atom. The van der Waals surface area contributed by atoms with Crippen molar-refractivity contribution in [2.24, 2.45) is 40.9 Å². The van der Waals surface area contributed by atoms with Gasteiger partial charge in [0.15, 0.2) is 5.78 Å². The minimum absolute atomic E-state index is 0.0902. The van der Waals surface area contributed by atoms with E-state index >= 15 is 0 Å². The number of carbonyl (C=O) groups excluding carboxylic acids is 1. The molecule has 4 aliphatic carbocycles. The standard InChI is InChI=1S/C27H39N3O2/c1-26(32)11-9-20-19(13-26)7-8-22-21(20)10-12-27(2)23(22)5-3-4-6-24(27)25(31)17-30-16-18(14-28)15-29-30/h15-16,19-24,32H,3-13,17H2,1-2H3/t19-,20?,21-,22?,23+,24+,26-,27+/m1/s1. The molecule has 0 aromatic carbocycles. The van der Waals surface area contributed by atoms with Gasteiger partial charge in [-0.2, -0.15) is 10.4 Å². The van der Waals surface area contributed by atoms with Crippen LogP contribution >= 0.6 is 0 Å². The fraction of sp³-hybridized carbons (Fsp3) is 0.815. The van der Waals surface area contributed by atoms with Gasteiger partial charge in [0.1, 0.15) is 6.07 Å². The average Bonchev–Trinajstić information content (AvgIpc) is 3.12. The molecule has 0 amide bonds. The molecule has 0 aliphatic heterocycles. The van der Waals surface area contributed by atoms with Crippen LogP contribution in [-0.4, -0.2) is 26.3 Å². The first-order valence-electron chi connectivity index (χ1n) is 13.0. The van der Waals surface area contributed by atoms with E-state index in [1.165, 1.54) is 38.5 Å². The molecule has 8 atom stereocenters. The zero-order valence-corrected chi connectivity index (χ0v) is 19.8. The molecule has 0 spiro atoms. The molecular weight excluding hydrogens is 398 g/mol. The Kier molecular flexibility index (Phi) is 5.73. The lowest BCUT2D eigenvalue weighted by Crippen LogP contribution is -2.53. The van der Waals surface area contributed by atoms with Crippen LogP contribution in [0.3, 0.4) is 0 Å². The molecule has 0 saturated heterocycles. The number of hydrogen-bond donors (Lipinski definition) is 1. The maximum Gasteiger partial charge on any atom is 0.157 e. The van der Waals surface area contributed by atoms with E-state index < -0.39 is 5.60 Å². The molecule has 32 heavy (non-hydrogen) atoms. The van der Waals surface area contributed by atoms with E-state index in [4.69, 9.17) is 5.26 Å². The Labute approximate surface area is 192 Å². The van der Waals surface area contributed by atoms with E-state index in [0.29, 0.717) is 29.7 Å². The van der Waals surface area contributed by atoms with Gasteiger partial charge in [-0.25, -0.2) is 0 Å². The summed E-state index contributed by atoms with van der Waals surface area (Å²) in [6, 6.07) is 2.11. The van der Waals surface area contributed by atoms with Gasteiger partial charge in [0.05, 0.1) is 23.9 Å². The lowest BCUT2D eigenvalue weighted by Gasteiger charge is -2.58. The number of fused-ring (bicyclic) bond motifs is 5. The van der Waals surface area contributed by atoms with Crippen LogP contribution < -0.4 is 0 Å². The van der Waals surface area contributed by atoms with Crippen molar-refractivity contribution in [3.05, 3.63) is 18.0 Å². The van der Waals surface area contributed by atoms with Gasteiger partial charge in [0.2, 0.25) is 0 Å². The minimum atomic E-state index is -0.463. The molecule has 5 nitrogen and oxygen atoms in total. The topological polar surface area (TPSA) is 78.9 Å². The van der Waals surface area contributed by atoms with Crippen LogP contribution in [0.5, 0.6) is 0 Å². The minimum Gasteiger partial charge on any atom is -0.390 e. The van der Waals surface area contributed by atoms with Crippen molar-refractivity contribution in [2.45, 2.75) is 96.6 Å². The zero-order valence-electron chi connectivity index (χ0n) is 19.8. The van der Waals surface area contributed by atoms with Gasteiger partial charge < -0.3 is 5.11 Å². The second-order valence-electron chi connectivity index (χ2n) is 12.1. The predicted molar refractivity (Wildman–Crippen MR) is 122 cm³/mol. The highest BCUT2D eigenvalue weighted by Gasteiger charge is 2.56. The Bertz CT molecular complexity index is 899. The number of ketones is 1. The fourth-order valence-electron chi connectivity index (χ4n) is 8.75. The number of aliphatic hydroxyl groups is 1. The molecule has 1 aromatic rings. The van der Waals surface area contributed by atoms with Crippen molar-refractivity contribution in [3.63, 3.8) is 0 Å². The van der Waals surface area contributed by atoms with Gasteiger partial charge in [0.25, 0.3) is 0 Å². The molecule has 174 valence electrons. The summed E-state index contributed by atoms with van der Waals surface area (Å²) in [5.74, 6) is 4.09. The van der Waals surface area contributed by atoms with E-state index in [-0.39, 0.29) is 11.3 Å². The smallest absolute Gasteiger partial charge is 0.157 e. The van der Waals surface area contributed by atoms with Crippen LogP contribution in [-0.2, 0) is 11.3 Å². The van der Waals surface area contributed by atoms with E-state index in [1.54, 1.807) is 17.1 Å². The van der Waals surface area contributed by atoms with Gasteiger partial charge in [-0.15, -0.1) is 0 Å². The first-order valence-corrected chi connectivity index (χ1v) is 13.0. The molecule has 5 rings (SSSR count). The summed E-state index contributed by atoms with van der Waals surface area (Å²) in [4.78, 5) is 13.6. The summed E-state index contributed by atoms with van der Waals surface area (Å²) < 4.78 is 1.66. The number of rotatable bonds is 3. The van der Waals surface area contributed by atoms with Crippen LogP contribution in [0.4, 0.5) is 0 Å². The highest BCUT2D eigenvalue weighted by molar-refractivity contribution is 5.81. The highest BCUT2D eigenvalue weighted by Crippen LogP contribution is 2.62. The molecule has 4 fully saturated rings. The summed E-state index contributed by atoms with van der Waals surface area (Å²) in [6.45, 7) is 4.76. The Hall–Kier alpha value is -1.67. The largest absolute Gasteiger partial charge is 0.390 e. The van der Waals surface area contributed by atoms with Gasteiger partial charge in [0, 0.05) is 12.1 Å². The molecule has 4 saturated carbocycles. The van der Waals surface area contributed by atoms with Crippen molar-refractivity contribution in [3.8, 4) is 6.07 Å². The summed E-state index contributed by atoms with van der Waals surface area (Å²) in [5.41, 5.74) is 0.147. The Morgan fingerprint density at radius 3 is 2.69 bits per heavy atom. The number of nitriles is 1. The lowest BCUT2D eigenvalue weighted by atomic mass is 9.46. The summed E-state index contributed by atoms with van der Waals surface area (Å²) in [5, 5.41) is 24.0. The van der Waals surface area contributed by atoms with Crippen LogP contribution in [0.15, 0.2) is 12.4 Å². The molecule has 1 N–H and O–H groups in total. The number of aromatic nitrogens is 2. The zero-order chi connectivity index (χ0) is 22.5. The number of nitrogens with zero attached hydrogens (tertiary/aromatic N) is 3. The third kappa shape index (κ3) is 3.83. The molecule has 2 unspecified atom stereocenters. The third-order valence-electron chi connectivity index (χ3n) is 10.2. The SMILES string of the molecule is C[C@@]1(O)CCC2[C@H](CCC3[C@@H]2CC[C@]2(C)[C@H](C(=O)Cn4cc(C#N)cn4)CCCC[C@@H]32)C1. The highest BCUT2D eigenvalue weighted by atomic mass is 16.3. The third-order valence-corrected chi connectivity index (χ3v) is 10.2. The molecule has 1 aromatic heterocycles. The number of carbonyl (C=O) groups is 1. The summed E-state index contributed by atoms with van der Waals surface area (Å²) in [6.07, 6.45) is 16.0. The van der Waals surface area contributed by atoms with Gasteiger partial charge in [-0.05, 0) is 99.7 Å². The van der Waals surface area contributed by atoms with Crippen LogP contribution in [0.1, 0.15) is 90.0 Å². The first kappa shape index (κ1) is 22.1. The maximum atomic E-state index is 13.6. The molecule has 0 bridgehead atoms. The molecular formula is C27H39N3O2. The van der Waals surface area contributed by atoms with Gasteiger partial charge in [-0.3, -0.25) is 9.48 Å². The van der Waals surface area contributed by atoms with E-state index in [1.807, 2.05) is 6.92 Å². The monoisotopic (exact) mass is 437 g/mol. The van der Waals surface area contributed by atoms with Gasteiger partial charge >= 0.3 is 0 Å². The summed E-state index contributed by atoms with van der Waals surface area (Å²) >= 11 is 0. The number of hydrogen-bond acceptors (Lipinski definition) is 4. The Balaban J connectivity index is 1.36. The van der Waals surface area contributed by atoms with Crippen molar-refractivity contribution in [1.82, 2.24) is 9.78 Å². The van der Waals surface area contributed by atoms with Crippen molar-refractivity contribution in [1.29, 1.82) is 5.26 Å². The van der Waals surface area contributed by atoms with Crippen molar-refractivity contribution < 1.29 is 9.90 Å². The second-order valence-corrected chi connectivity index (χ2v) is 12.1. The molecule has 0 radical (unpaired) electrons. The molecule has 5 heteroatoms. The molecule has 1 heterocycles. The number of Topliss-reactive ketones (excluding diaryl/α,β-unsaturated/α-hetero) is 1. The summed E-state index contributed by atoms with van der Waals surface area (Å²) in [7, 11) is 0. The van der Waals surface area contributed by atoms with Gasteiger partial charge in [-0.1, -0.05) is 19.8 Å². The quantitative estimate of drug-likeness (QED) is 0.711. The fourth-order valence-corrected chi connectivity index (χ4v) is 8.75.